The van der Waals surface area contributed by atoms with Crippen molar-refractivity contribution in [2.24, 2.45) is 0 Å². The molecular formula is C15H13BrFNO2S. The Bertz CT molecular complexity index is 792. The van der Waals surface area contributed by atoms with Crippen LogP contribution in [0.1, 0.15) is 17.2 Å². The second-order valence-electron chi connectivity index (χ2n) is 4.99. The van der Waals surface area contributed by atoms with Crippen LogP contribution in [-0.4, -0.2) is 14.2 Å². The second kappa shape index (κ2) is 5.51. The average Bonchev–Trinajstić information content (AvgIpc) is 2.72. The van der Waals surface area contributed by atoms with Crippen LogP contribution in [0.2, 0.25) is 0 Å². The number of hydrogen-bond donors (Lipinski definition) is 1. The predicted molar refractivity (Wildman–Crippen MR) is 82.2 cm³/mol. The largest absolute Gasteiger partial charge is 0.305 e. The van der Waals surface area contributed by atoms with E-state index < -0.39 is 9.84 Å². The number of benzene rings is 2. The lowest BCUT2D eigenvalue weighted by Crippen LogP contribution is -2.22. The van der Waals surface area contributed by atoms with Gasteiger partial charge in [-0.3, -0.25) is 0 Å². The predicted octanol–water partition coefficient (Wildman–Crippen LogP) is 3.21. The summed E-state index contributed by atoms with van der Waals surface area (Å²) in [6.07, 6.45) is 0. The molecule has 1 heterocycles. The number of halogens is 2. The van der Waals surface area contributed by atoms with Gasteiger partial charge in [-0.2, -0.15) is 0 Å². The Morgan fingerprint density at radius 1 is 1.24 bits per heavy atom. The lowest BCUT2D eigenvalue weighted by Gasteiger charge is -2.13. The molecule has 0 bridgehead atoms. The smallest absolute Gasteiger partial charge is 0.180 e. The number of hydrogen-bond acceptors (Lipinski definition) is 3. The first-order chi connectivity index (χ1) is 9.97. The van der Waals surface area contributed by atoms with E-state index in [0.717, 1.165) is 15.6 Å². The standard InChI is InChI=1S/C15H13BrFNO2S/c16-13-6-5-11(17)7-10(13)8-18-14-9-21(19,20)15-4-2-1-3-12(14)15/h1-7,14,18H,8-9H2. The Morgan fingerprint density at radius 2 is 2.00 bits per heavy atom. The van der Waals surface area contributed by atoms with E-state index in [-0.39, 0.29) is 17.6 Å². The molecular weight excluding hydrogens is 357 g/mol. The van der Waals surface area contributed by atoms with E-state index in [1.54, 1.807) is 18.2 Å². The summed E-state index contributed by atoms with van der Waals surface area (Å²) in [5.41, 5.74) is 1.54. The van der Waals surface area contributed by atoms with Crippen molar-refractivity contribution < 1.29 is 12.8 Å². The molecule has 3 rings (SSSR count). The summed E-state index contributed by atoms with van der Waals surface area (Å²) >= 11 is 3.37. The van der Waals surface area contributed by atoms with Gasteiger partial charge in [0, 0.05) is 17.1 Å². The van der Waals surface area contributed by atoms with Crippen molar-refractivity contribution in [2.75, 3.05) is 5.75 Å². The average molecular weight is 370 g/mol. The summed E-state index contributed by atoms with van der Waals surface area (Å²) in [6.45, 7) is 0.396. The zero-order valence-electron chi connectivity index (χ0n) is 11.0. The lowest BCUT2D eigenvalue weighted by atomic mass is 10.1. The van der Waals surface area contributed by atoms with Crippen LogP contribution in [0.25, 0.3) is 0 Å². The van der Waals surface area contributed by atoms with Gasteiger partial charge in [0.05, 0.1) is 10.6 Å². The summed E-state index contributed by atoms with van der Waals surface area (Å²) in [6, 6.07) is 11.2. The third-order valence-corrected chi connectivity index (χ3v) is 6.15. The maximum Gasteiger partial charge on any atom is 0.180 e. The molecule has 0 radical (unpaired) electrons. The minimum absolute atomic E-state index is 0.0410. The quantitative estimate of drug-likeness (QED) is 0.903. The van der Waals surface area contributed by atoms with E-state index >= 15 is 0 Å². The van der Waals surface area contributed by atoms with Gasteiger partial charge in [0.1, 0.15) is 5.82 Å². The minimum Gasteiger partial charge on any atom is -0.305 e. The van der Waals surface area contributed by atoms with Crippen molar-refractivity contribution in [3.63, 3.8) is 0 Å². The van der Waals surface area contributed by atoms with Gasteiger partial charge >= 0.3 is 0 Å². The fraction of sp³-hybridized carbons (Fsp3) is 0.200. The van der Waals surface area contributed by atoms with Gasteiger partial charge in [-0.25, -0.2) is 12.8 Å². The third-order valence-electron chi connectivity index (χ3n) is 3.56. The van der Waals surface area contributed by atoms with Crippen LogP contribution in [0.5, 0.6) is 0 Å². The molecule has 2 aromatic rings. The molecule has 1 unspecified atom stereocenters. The molecule has 0 amide bonds. The second-order valence-corrected chi connectivity index (χ2v) is 7.85. The molecule has 1 N–H and O–H groups in total. The molecule has 1 atom stereocenters. The maximum atomic E-state index is 13.3. The zero-order chi connectivity index (χ0) is 15.0. The van der Waals surface area contributed by atoms with Gasteiger partial charge in [-0.05, 0) is 35.4 Å². The fourth-order valence-corrected chi connectivity index (χ4v) is 4.69. The van der Waals surface area contributed by atoms with Crippen LogP contribution in [-0.2, 0) is 16.4 Å². The summed E-state index contributed by atoms with van der Waals surface area (Å²) in [5.74, 6) is -0.270. The van der Waals surface area contributed by atoms with Crippen molar-refractivity contribution in [1.29, 1.82) is 0 Å². The highest BCUT2D eigenvalue weighted by Crippen LogP contribution is 2.33. The van der Waals surface area contributed by atoms with Crippen LogP contribution in [0, 0.1) is 5.82 Å². The van der Waals surface area contributed by atoms with Gasteiger partial charge < -0.3 is 5.32 Å². The van der Waals surface area contributed by atoms with Crippen molar-refractivity contribution >= 4 is 25.8 Å². The first-order valence-electron chi connectivity index (χ1n) is 6.46. The Balaban J connectivity index is 1.83. The number of fused-ring (bicyclic) bond motifs is 1. The molecule has 3 nitrogen and oxygen atoms in total. The molecule has 0 saturated heterocycles. The van der Waals surface area contributed by atoms with Crippen LogP contribution in [0.15, 0.2) is 51.8 Å². The monoisotopic (exact) mass is 369 g/mol. The highest BCUT2D eigenvalue weighted by molar-refractivity contribution is 9.10. The highest BCUT2D eigenvalue weighted by Gasteiger charge is 2.33. The van der Waals surface area contributed by atoms with Crippen molar-refractivity contribution in [1.82, 2.24) is 5.32 Å². The Morgan fingerprint density at radius 3 is 2.81 bits per heavy atom. The van der Waals surface area contributed by atoms with E-state index in [1.807, 2.05) is 12.1 Å². The molecule has 0 aromatic heterocycles. The molecule has 0 saturated carbocycles. The molecule has 110 valence electrons. The van der Waals surface area contributed by atoms with Crippen molar-refractivity contribution in [3.05, 3.63) is 63.9 Å². The van der Waals surface area contributed by atoms with Gasteiger partial charge in [0.25, 0.3) is 0 Å². The zero-order valence-corrected chi connectivity index (χ0v) is 13.4. The van der Waals surface area contributed by atoms with Crippen LogP contribution in [0.4, 0.5) is 4.39 Å². The van der Waals surface area contributed by atoms with E-state index in [1.165, 1.54) is 12.1 Å². The first-order valence-corrected chi connectivity index (χ1v) is 8.91. The van der Waals surface area contributed by atoms with E-state index in [2.05, 4.69) is 21.2 Å². The molecule has 1 aliphatic rings. The Hall–Kier alpha value is -1.24. The Kier molecular flexibility index (Phi) is 3.86. The van der Waals surface area contributed by atoms with Gasteiger partial charge in [0.2, 0.25) is 0 Å². The SMILES string of the molecule is O=S1(=O)CC(NCc2cc(F)ccc2Br)c2ccccc21. The van der Waals surface area contributed by atoms with Gasteiger partial charge in [0.15, 0.2) is 9.84 Å². The van der Waals surface area contributed by atoms with E-state index in [4.69, 9.17) is 0 Å². The van der Waals surface area contributed by atoms with E-state index in [0.29, 0.717) is 11.4 Å². The summed E-state index contributed by atoms with van der Waals surface area (Å²) in [4.78, 5) is 0.390. The summed E-state index contributed by atoms with van der Waals surface area (Å²) in [5, 5.41) is 3.20. The van der Waals surface area contributed by atoms with Crippen molar-refractivity contribution in [2.45, 2.75) is 17.5 Å². The third kappa shape index (κ3) is 2.88. The summed E-state index contributed by atoms with van der Waals surface area (Å²) in [7, 11) is -3.23. The molecule has 21 heavy (non-hydrogen) atoms. The van der Waals surface area contributed by atoms with E-state index in [9.17, 15) is 12.8 Å². The van der Waals surface area contributed by atoms with Crippen LogP contribution in [0.3, 0.4) is 0 Å². The summed E-state index contributed by atoms with van der Waals surface area (Å²) < 4.78 is 38.2. The molecule has 0 spiro atoms. The van der Waals surface area contributed by atoms with Gasteiger partial charge in [-0.15, -0.1) is 0 Å². The normalized spacial score (nSPS) is 19.4. The molecule has 0 fully saturated rings. The molecule has 6 heteroatoms. The Labute approximate surface area is 131 Å². The van der Waals surface area contributed by atoms with Crippen LogP contribution >= 0.6 is 15.9 Å². The highest BCUT2D eigenvalue weighted by atomic mass is 79.9. The molecule has 2 aromatic carbocycles. The molecule has 0 aliphatic carbocycles. The van der Waals surface area contributed by atoms with Crippen LogP contribution < -0.4 is 5.32 Å². The maximum absolute atomic E-state index is 13.3. The minimum atomic E-state index is -3.23. The first kappa shape index (κ1) is 14.7. The number of sulfone groups is 1. The number of nitrogens with one attached hydrogen (secondary N) is 1. The fourth-order valence-electron chi connectivity index (χ4n) is 2.53. The van der Waals surface area contributed by atoms with Gasteiger partial charge in [-0.1, -0.05) is 34.1 Å². The molecule has 1 aliphatic heterocycles. The number of rotatable bonds is 3. The lowest BCUT2D eigenvalue weighted by molar-refractivity contribution is 0.562. The topological polar surface area (TPSA) is 46.2 Å². The van der Waals surface area contributed by atoms with Crippen molar-refractivity contribution in [3.8, 4) is 0 Å².